The molecule has 6 nitrogen and oxygen atoms in total. The van der Waals surface area contributed by atoms with Gasteiger partial charge >= 0.3 is 6.18 Å². The van der Waals surface area contributed by atoms with Crippen molar-refractivity contribution in [2.75, 3.05) is 0 Å². The summed E-state index contributed by atoms with van der Waals surface area (Å²) >= 11 is 1.55. The molecule has 0 atom stereocenters. The molecule has 0 radical (unpaired) electrons. The Hall–Kier alpha value is -4.25. The number of aromatic nitrogens is 4. The standard InChI is InChI=1S/C26H18F4N4O2S/c27-22-11-18(26(28,29)30)5-1-16(22)4-8-24-33-20(14-36-24)13-35-21-6-2-17(3-7-21)25-34-19(15-37-25)12-23-31-9-10-32-23/h1-11,14-15H,12-13H2,(H,31,32). The molecule has 0 bridgehead atoms. The third kappa shape index (κ3) is 6.12. The minimum absolute atomic E-state index is 0.0163. The summed E-state index contributed by atoms with van der Waals surface area (Å²) in [6.07, 6.45) is 3.59. The van der Waals surface area contributed by atoms with Crippen molar-refractivity contribution in [2.45, 2.75) is 19.2 Å². The number of hydrogen-bond donors (Lipinski definition) is 1. The number of H-pyrrole nitrogens is 1. The van der Waals surface area contributed by atoms with Gasteiger partial charge in [-0.15, -0.1) is 11.3 Å². The molecule has 3 heterocycles. The Morgan fingerprint density at radius 2 is 1.86 bits per heavy atom. The molecule has 0 aliphatic heterocycles. The van der Waals surface area contributed by atoms with E-state index in [-0.39, 0.29) is 18.1 Å². The second kappa shape index (κ2) is 10.4. The number of ether oxygens (including phenoxy) is 1. The first-order chi connectivity index (χ1) is 17.8. The smallest absolute Gasteiger partial charge is 0.416 e. The van der Waals surface area contributed by atoms with Gasteiger partial charge in [0.1, 0.15) is 41.0 Å². The first kappa shape index (κ1) is 24.4. The first-order valence-electron chi connectivity index (χ1n) is 11.0. The molecule has 0 fully saturated rings. The molecule has 1 N–H and O–H groups in total. The summed E-state index contributed by atoms with van der Waals surface area (Å²) < 4.78 is 63.1. The third-order valence-corrected chi connectivity index (χ3v) is 6.19. The van der Waals surface area contributed by atoms with Crippen LogP contribution in [0.1, 0.15) is 34.2 Å². The van der Waals surface area contributed by atoms with E-state index in [9.17, 15) is 17.6 Å². The number of thiazole rings is 1. The summed E-state index contributed by atoms with van der Waals surface area (Å²) in [5.74, 6) is 0.667. The van der Waals surface area contributed by atoms with Crippen molar-refractivity contribution in [1.29, 1.82) is 0 Å². The fraction of sp³-hybridized carbons (Fsp3) is 0.115. The van der Waals surface area contributed by atoms with E-state index in [4.69, 9.17) is 9.15 Å². The number of oxazole rings is 1. The van der Waals surface area contributed by atoms with E-state index in [1.54, 1.807) is 23.7 Å². The predicted molar refractivity (Wildman–Crippen MR) is 130 cm³/mol. The summed E-state index contributed by atoms with van der Waals surface area (Å²) in [6.45, 7) is 0.135. The van der Waals surface area contributed by atoms with Gasteiger partial charge in [-0.2, -0.15) is 13.2 Å². The van der Waals surface area contributed by atoms with Crippen LogP contribution in [0.2, 0.25) is 0 Å². The number of alkyl halides is 3. The normalized spacial score (nSPS) is 11.9. The van der Waals surface area contributed by atoms with Crippen LogP contribution in [-0.4, -0.2) is 19.9 Å². The van der Waals surface area contributed by atoms with Gasteiger partial charge in [-0.05, 0) is 42.5 Å². The zero-order chi connectivity index (χ0) is 25.8. The zero-order valence-electron chi connectivity index (χ0n) is 19.0. The summed E-state index contributed by atoms with van der Waals surface area (Å²) in [7, 11) is 0. The lowest BCUT2D eigenvalue weighted by molar-refractivity contribution is -0.137. The largest absolute Gasteiger partial charge is 0.487 e. The molecular formula is C26H18F4N4O2S. The van der Waals surface area contributed by atoms with Crippen molar-refractivity contribution in [3.63, 3.8) is 0 Å². The number of nitrogens with one attached hydrogen (secondary N) is 1. The molecule has 0 saturated carbocycles. The lowest BCUT2D eigenvalue weighted by Crippen LogP contribution is -2.05. The second-order valence-corrected chi connectivity index (χ2v) is 8.77. The van der Waals surface area contributed by atoms with E-state index in [2.05, 4.69) is 19.9 Å². The number of aromatic amines is 1. The van der Waals surface area contributed by atoms with Crippen LogP contribution in [0.4, 0.5) is 17.6 Å². The highest BCUT2D eigenvalue weighted by Crippen LogP contribution is 2.31. The van der Waals surface area contributed by atoms with E-state index in [0.717, 1.165) is 34.2 Å². The maximum Gasteiger partial charge on any atom is 0.416 e. The molecule has 188 valence electrons. The fourth-order valence-corrected chi connectivity index (χ4v) is 4.23. The Morgan fingerprint density at radius 1 is 1.03 bits per heavy atom. The van der Waals surface area contributed by atoms with E-state index in [1.165, 1.54) is 18.4 Å². The molecule has 11 heteroatoms. The Morgan fingerprint density at radius 3 is 2.59 bits per heavy atom. The molecule has 3 aromatic heterocycles. The molecule has 5 aromatic rings. The Labute approximate surface area is 212 Å². The van der Waals surface area contributed by atoms with Crippen LogP contribution in [0.25, 0.3) is 22.7 Å². The van der Waals surface area contributed by atoms with Crippen LogP contribution in [-0.2, 0) is 19.2 Å². The van der Waals surface area contributed by atoms with E-state index < -0.39 is 17.6 Å². The van der Waals surface area contributed by atoms with Crippen molar-refractivity contribution >= 4 is 23.5 Å². The van der Waals surface area contributed by atoms with Gasteiger partial charge in [-0.3, -0.25) is 0 Å². The summed E-state index contributed by atoms with van der Waals surface area (Å²) in [6, 6.07) is 9.82. The van der Waals surface area contributed by atoms with Crippen molar-refractivity contribution in [3.8, 4) is 16.3 Å². The van der Waals surface area contributed by atoms with Crippen molar-refractivity contribution in [2.24, 2.45) is 0 Å². The summed E-state index contributed by atoms with van der Waals surface area (Å²) in [5, 5.41) is 2.90. The van der Waals surface area contributed by atoms with Crippen molar-refractivity contribution in [1.82, 2.24) is 19.9 Å². The van der Waals surface area contributed by atoms with E-state index >= 15 is 0 Å². The van der Waals surface area contributed by atoms with Crippen LogP contribution >= 0.6 is 11.3 Å². The maximum atomic E-state index is 14.0. The number of halogens is 4. The van der Waals surface area contributed by atoms with Gasteiger partial charge in [0.25, 0.3) is 0 Å². The lowest BCUT2D eigenvalue weighted by Gasteiger charge is -2.07. The molecule has 0 spiro atoms. The van der Waals surface area contributed by atoms with E-state index in [1.807, 2.05) is 29.6 Å². The van der Waals surface area contributed by atoms with Gasteiger partial charge in [0.05, 0.1) is 11.3 Å². The summed E-state index contributed by atoms with van der Waals surface area (Å²) in [4.78, 5) is 16.2. The second-order valence-electron chi connectivity index (χ2n) is 7.91. The highest BCUT2D eigenvalue weighted by Gasteiger charge is 2.31. The van der Waals surface area contributed by atoms with Crippen molar-refractivity contribution < 1.29 is 26.7 Å². The van der Waals surface area contributed by atoms with Crippen LogP contribution in [0.3, 0.4) is 0 Å². The van der Waals surface area contributed by atoms with Gasteiger partial charge in [0.2, 0.25) is 5.89 Å². The Balaban J connectivity index is 1.16. The predicted octanol–water partition coefficient (Wildman–Crippen LogP) is 7.02. The molecule has 5 rings (SSSR count). The SMILES string of the molecule is Fc1cc(C(F)(F)F)ccc1C=Cc1nc(COc2ccc(-c3nc(Cc4ncc[nH]4)cs3)cc2)co1. The molecule has 0 unspecified atom stereocenters. The van der Waals surface area contributed by atoms with Gasteiger partial charge < -0.3 is 14.1 Å². The van der Waals surface area contributed by atoms with Gasteiger partial charge in [-0.25, -0.2) is 19.3 Å². The molecule has 0 amide bonds. The minimum atomic E-state index is -4.61. The highest BCUT2D eigenvalue weighted by atomic mass is 32.1. The number of hydrogen-bond acceptors (Lipinski definition) is 6. The van der Waals surface area contributed by atoms with Crippen molar-refractivity contribution in [3.05, 3.63) is 107 Å². The van der Waals surface area contributed by atoms with Gasteiger partial charge in [0, 0.05) is 41.4 Å². The van der Waals surface area contributed by atoms with Crippen LogP contribution in [0, 0.1) is 5.82 Å². The molecular weight excluding hydrogens is 508 g/mol. The average molecular weight is 527 g/mol. The van der Waals surface area contributed by atoms with Crippen LogP contribution in [0.5, 0.6) is 5.75 Å². The first-order valence-corrected chi connectivity index (χ1v) is 11.9. The molecule has 2 aromatic carbocycles. The average Bonchev–Trinajstić information content (AvgIpc) is 3.65. The Kier molecular flexibility index (Phi) is 6.87. The summed E-state index contributed by atoms with van der Waals surface area (Å²) in [5.41, 5.74) is 1.34. The van der Waals surface area contributed by atoms with Gasteiger partial charge in [0.15, 0.2) is 0 Å². The topological polar surface area (TPSA) is 76.8 Å². The highest BCUT2D eigenvalue weighted by molar-refractivity contribution is 7.13. The monoisotopic (exact) mass is 526 g/mol. The third-order valence-electron chi connectivity index (χ3n) is 5.25. The molecule has 0 aliphatic rings. The number of nitrogens with zero attached hydrogens (tertiary/aromatic N) is 3. The van der Waals surface area contributed by atoms with Gasteiger partial charge in [-0.1, -0.05) is 6.07 Å². The van der Waals surface area contributed by atoms with Crippen LogP contribution in [0.15, 0.2) is 70.9 Å². The minimum Gasteiger partial charge on any atom is -0.487 e. The lowest BCUT2D eigenvalue weighted by atomic mass is 10.1. The number of imidazole rings is 1. The fourth-order valence-electron chi connectivity index (χ4n) is 3.40. The number of benzene rings is 2. The van der Waals surface area contributed by atoms with E-state index in [0.29, 0.717) is 23.9 Å². The zero-order valence-corrected chi connectivity index (χ0v) is 19.8. The maximum absolute atomic E-state index is 14.0. The van der Waals surface area contributed by atoms with Crippen LogP contribution < -0.4 is 4.74 Å². The molecule has 37 heavy (non-hydrogen) atoms. The molecule has 0 saturated heterocycles. The Bertz CT molecular complexity index is 1510. The number of rotatable bonds is 8. The molecule has 0 aliphatic carbocycles. The quantitative estimate of drug-likeness (QED) is 0.220.